The summed E-state index contributed by atoms with van der Waals surface area (Å²) in [5.74, 6) is 1.42. The third-order valence-corrected chi connectivity index (χ3v) is 6.63. The number of methoxy groups -OCH3 is 2. The summed E-state index contributed by atoms with van der Waals surface area (Å²) < 4.78 is 10.7. The number of likely N-dealkylation sites (N-methyl/N-ethyl adjacent to an activating group) is 1. The quantitative estimate of drug-likeness (QED) is 0.415. The Kier molecular flexibility index (Phi) is 9.12. The number of ether oxygens (including phenoxy) is 2. The summed E-state index contributed by atoms with van der Waals surface area (Å²) in [5.41, 5.74) is 4.90. The lowest BCUT2D eigenvalue weighted by Crippen LogP contribution is -2.43. The molecule has 7 nitrogen and oxygen atoms in total. The average Bonchev–Trinajstić information content (AvgIpc) is 2.84. The second-order valence-corrected chi connectivity index (χ2v) is 9.38. The normalized spacial score (nSPS) is 11.1. The highest BCUT2D eigenvalue weighted by Gasteiger charge is 2.15. The zero-order valence-electron chi connectivity index (χ0n) is 21.5. The van der Waals surface area contributed by atoms with Gasteiger partial charge in [-0.25, -0.2) is 0 Å². The topological polar surface area (TPSA) is 69.8 Å². The number of pyridine rings is 1. The van der Waals surface area contributed by atoms with Gasteiger partial charge in [-0.3, -0.25) is 4.79 Å². The fourth-order valence-electron chi connectivity index (χ4n) is 3.93. The number of aromatic nitrogens is 1. The largest absolute Gasteiger partial charge is 0.493 e. The van der Waals surface area contributed by atoms with E-state index in [-0.39, 0.29) is 5.56 Å². The predicted octanol–water partition coefficient (Wildman–Crippen LogP) is 3.64. The molecule has 0 radical (unpaired) electrons. The van der Waals surface area contributed by atoms with Gasteiger partial charge in [-0.1, -0.05) is 18.2 Å². The van der Waals surface area contributed by atoms with Crippen LogP contribution in [0.1, 0.15) is 22.3 Å². The predicted molar refractivity (Wildman–Crippen MR) is 147 cm³/mol. The molecule has 0 fully saturated rings. The van der Waals surface area contributed by atoms with Gasteiger partial charge in [0, 0.05) is 25.2 Å². The van der Waals surface area contributed by atoms with Gasteiger partial charge in [-0.15, -0.1) is 0 Å². The third-order valence-electron chi connectivity index (χ3n) is 6.23. The van der Waals surface area contributed by atoms with Crippen LogP contribution in [0.3, 0.4) is 0 Å². The van der Waals surface area contributed by atoms with Gasteiger partial charge in [-0.05, 0) is 86.9 Å². The van der Waals surface area contributed by atoms with E-state index in [1.54, 1.807) is 14.2 Å². The van der Waals surface area contributed by atoms with Crippen LogP contribution >= 0.6 is 12.2 Å². The molecule has 0 unspecified atom stereocenters. The molecular formula is C27H36N4O3S. The van der Waals surface area contributed by atoms with Crippen LogP contribution in [0, 0.1) is 13.8 Å². The minimum absolute atomic E-state index is 0.0748. The number of thiocarbonyl (C=S) groups is 1. The molecule has 0 aliphatic carbocycles. The van der Waals surface area contributed by atoms with Crippen LogP contribution in [0.5, 0.6) is 11.5 Å². The molecule has 0 saturated heterocycles. The highest BCUT2D eigenvalue weighted by atomic mass is 32.1. The van der Waals surface area contributed by atoms with Gasteiger partial charge in [0.1, 0.15) is 0 Å². The van der Waals surface area contributed by atoms with Crippen LogP contribution in [0.4, 0.5) is 0 Å². The molecule has 0 spiro atoms. The molecular weight excluding hydrogens is 460 g/mol. The number of hydrogen-bond donors (Lipinski definition) is 2. The molecule has 0 aliphatic rings. The van der Waals surface area contributed by atoms with E-state index in [0.717, 1.165) is 40.6 Å². The number of benzene rings is 2. The zero-order chi connectivity index (χ0) is 25.5. The smallest absolute Gasteiger partial charge is 0.253 e. The molecule has 1 heterocycles. The van der Waals surface area contributed by atoms with Crippen LogP contribution in [-0.2, 0) is 13.0 Å². The lowest BCUT2D eigenvalue weighted by Gasteiger charge is -2.27. The van der Waals surface area contributed by atoms with Crippen molar-refractivity contribution in [1.82, 2.24) is 20.1 Å². The molecule has 0 amide bonds. The fourth-order valence-corrected chi connectivity index (χ4v) is 4.19. The van der Waals surface area contributed by atoms with E-state index in [0.29, 0.717) is 41.8 Å². The van der Waals surface area contributed by atoms with Crippen LogP contribution in [-0.4, -0.2) is 67.8 Å². The second kappa shape index (κ2) is 12.0. The third kappa shape index (κ3) is 6.74. The van der Waals surface area contributed by atoms with Crippen molar-refractivity contribution in [3.8, 4) is 11.5 Å². The number of nitrogens with zero attached hydrogens (tertiary/aromatic N) is 2. The molecule has 8 heteroatoms. The van der Waals surface area contributed by atoms with Gasteiger partial charge in [0.25, 0.3) is 5.56 Å². The van der Waals surface area contributed by atoms with Crippen LogP contribution in [0.15, 0.2) is 41.2 Å². The van der Waals surface area contributed by atoms with Crippen molar-refractivity contribution in [2.24, 2.45) is 0 Å². The molecule has 3 rings (SSSR count). The molecule has 0 aliphatic heterocycles. The first kappa shape index (κ1) is 26.5. The fraction of sp³-hybridized carbons (Fsp3) is 0.407. The molecule has 188 valence electrons. The van der Waals surface area contributed by atoms with E-state index in [1.807, 2.05) is 45.3 Å². The van der Waals surface area contributed by atoms with Crippen LogP contribution in [0.25, 0.3) is 10.9 Å². The maximum atomic E-state index is 12.9. The lowest BCUT2D eigenvalue weighted by molar-refractivity contribution is 0.322. The summed E-state index contributed by atoms with van der Waals surface area (Å²) in [6, 6.07) is 12.0. The van der Waals surface area contributed by atoms with Gasteiger partial charge in [0.15, 0.2) is 16.6 Å². The van der Waals surface area contributed by atoms with Crippen molar-refractivity contribution in [3.63, 3.8) is 0 Å². The Hall–Kier alpha value is -3.10. The summed E-state index contributed by atoms with van der Waals surface area (Å²) >= 11 is 5.75. The maximum Gasteiger partial charge on any atom is 0.253 e. The standard InChI is InChI=1S/C27H36N4O3S/c1-18-7-9-21-16-22(26(32)29-25(21)19(18)2)17-31(14-13-30(3)4)27(35)28-12-11-20-8-10-23(33-5)24(15-20)34-6/h7-10,15-16H,11-14,17H2,1-6H3,(H,28,35)(H,29,32). The Labute approximate surface area is 213 Å². The Balaban J connectivity index is 1.73. The summed E-state index contributed by atoms with van der Waals surface area (Å²) in [6.45, 7) is 6.72. The first-order chi connectivity index (χ1) is 16.7. The van der Waals surface area contributed by atoms with Gasteiger partial charge in [-0.2, -0.15) is 0 Å². The molecule has 2 aromatic carbocycles. The van der Waals surface area contributed by atoms with Crippen molar-refractivity contribution in [2.75, 3.05) is 47.9 Å². The molecule has 0 atom stereocenters. The van der Waals surface area contributed by atoms with E-state index in [4.69, 9.17) is 21.7 Å². The zero-order valence-corrected chi connectivity index (χ0v) is 22.3. The van der Waals surface area contributed by atoms with Crippen molar-refractivity contribution in [2.45, 2.75) is 26.8 Å². The second-order valence-electron chi connectivity index (χ2n) is 8.99. The van der Waals surface area contributed by atoms with Gasteiger partial charge < -0.3 is 29.6 Å². The molecule has 2 N–H and O–H groups in total. The average molecular weight is 497 g/mol. The Morgan fingerprint density at radius 1 is 1.03 bits per heavy atom. The van der Waals surface area contributed by atoms with E-state index < -0.39 is 0 Å². The monoisotopic (exact) mass is 496 g/mol. The lowest BCUT2D eigenvalue weighted by atomic mass is 10.0. The van der Waals surface area contributed by atoms with E-state index in [9.17, 15) is 4.79 Å². The van der Waals surface area contributed by atoms with Crippen molar-refractivity contribution >= 4 is 28.2 Å². The number of aryl methyl sites for hydroxylation is 2. The SMILES string of the molecule is COc1ccc(CCNC(=S)N(CCN(C)C)Cc2cc3ccc(C)c(C)c3[nH]c2=O)cc1OC. The van der Waals surface area contributed by atoms with E-state index >= 15 is 0 Å². The number of rotatable bonds is 10. The summed E-state index contributed by atoms with van der Waals surface area (Å²) in [6.07, 6.45) is 0.775. The Morgan fingerprint density at radius 3 is 2.46 bits per heavy atom. The number of H-pyrrole nitrogens is 1. The molecule has 0 saturated carbocycles. The highest BCUT2D eigenvalue weighted by molar-refractivity contribution is 7.80. The van der Waals surface area contributed by atoms with E-state index in [1.165, 1.54) is 0 Å². The number of nitrogens with one attached hydrogen (secondary N) is 2. The van der Waals surface area contributed by atoms with Crippen molar-refractivity contribution in [3.05, 3.63) is 69.0 Å². The number of fused-ring (bicyclic) bond motifs is 1. The highest BCUT2D eigenvalue weighted by Crippen LogP contribution is 2.27. The van der Waals surface area contributed by atoms with E-state index in [2.05, 4.69) is 39.2 Å². The van der Waals surface area contributed by atoms with Gasteiger partial charge in [0.2, 0.25) is 0 Å². The maximum absolute atomic E-state index is 12.9. The first-order valence-electron chi connectivity index (χ1n) is 11.7. The summed E-state index contributed by atoms with van der Waals surface area (Å²) in [4.78, 5) is 20.2. The van der Waals surface area contributed by atoms with Crippen LogP contribution in [0.2, 0.25) is 0 Å². The summed E-state index contributed by atoms with van der Waals surface area (Å²) in [5, 5.41) is 5.03. The molecule has 35 heavy (non-hydrogen) atoms. The Morgan fingerprint density at radius 2 is 1.77 bits per heavy atom. The van der Waals surface area contributed by atoms with Crippen molar-refractivity contribution in [1.29, 1.82) is 0 Å². The van der Waals surface area contributed by atoms with Crippen LogP contribution < -0.4 is 20.3 Å². The summed E-state index contributed by atoms with van der Waals surface area (Å²) in [7, 11) is 7.32. The minimum Gasteiger partial charge on any atom is -0.493 e. The minimum atomic E-state index is -0.0748. The number of aromatic amines is 1. The van der Waals surface area contributed by atoms with Gasteiger partial charge in [0.05, 0.1) is 26.3 Å². The molecule has 0 bridgehead atoms. The molecule has 3 aromatic rings. The van der Waals surface area contributed by atoms with Crippen molar-refractivity contribution < 1.29 is 9.47 Å². The Bertz CT molecular complexity index is 1240. The number of hydrogen-bond acceptors (Lipinski definition) is 5. The molecule has 1 aromatic heterocycles. The first-order valence-corrected chi connectivity index (χ1v) is 12.1. The van der Waals surface area contributed by atoms with Gasteiger partial charge >= 0.3 is 0 Å².